The second kappa shape index (κ2) is 6.72. The van der Waals surface area contributed by atoms with Crippen LogP contribution in [-0.4, -0.2) is 41.6 Å². The van der Waals surface area contributed by atoms with Crippen LogP contribution < -0.4 is 15.5 Å². The zero-order valence-electron chi connectivity index (χ0n) is 13.0. The normalized spacial score (nSPS) is 16.6. The Kier molecular flexibility index (Phi) is 4.98. The minimum atomic E-state index is 0.583. The molecular formula is C14H26N6. The van der Waals surface area contributed by atoms with Crippen molar-refractivity contribution in [3.8, 4) is 0 Å². The first-order chi connectivity index (χ1) is 9.60. The predicted octanol–water partition coefficient (Wildman–Crippen LogP) is 2.22. The van der Waals surface area contributed by atoms with Crippen molar-refractivity contribution in [1.29, 1.82) is 0 Å². The molecule has 0 bridgehead atoms. The lowest BCUT2D eigenvalue weighted by atomic mass is 9.98. The van der Waals surface area contributed by atoms with Crippen molar-refractivity contribution in [3.05, 3.63) is 0 Å². The van der Waals surface area contributed by atoms with Gasteiger partial charge in [-0.3, -0.25) is 0 Å². The van der Waals surface area contributed by atoms with Crippen LogP contribution in [0.25, 0.3) is 0 Å². The second-order valence-electron chi connectivity index (χ2n) is 5.83. The maximum Gasteiger partial charge on any atom is 0.231 e. The smallest absolute Gasteiger partial charge is 0.231 e. The molecule has 2 heterocycles. The first-order valence-corrected chi connectivity index (χ1v) is 7.52. The highest BCUT2D eigenvalue weighted by Gasteiger charge is 2.17. The van der Waals surface area contributed by atoms with Crippen LogP contribution in [0.2, 0.25) is 0 Å². The molecule has 0 amide bonds. The van der Waals surface area contributed by atoms with Crippen LogP contribution in [0.1, 0.15) is 33.6 Å². The Morgan fingerprint density at radius 3 is 2.30 bits per heavy atom. The average molecular weight is 278 g/mol. The molecule has 6 heteroatoms. The lowest BCUT2D eigenvalue weighted by molar-refractivity contribution is 0.439. The van der Waals surface area contributed by atoms with E-state index in [2.05, 4.69) is 51.3 Å². The number of rotatable bonds is 6. The third kappa shape index (κ3) is 3.71. The predicted molar refractivity (Wildman–Crippen MR) is 83.3 cm³/mol. The first kappa shape index (κ1) is 14.8. The number of hydrogen-bond acceptors (Lipinski definition) is 6. The summed E-state index contributed by atoms with van der Waals surface area (Å²) in [4.78, 5) is 15.6. The van der Waals surface area contributed by atoms with Crippen molar-refractivity contribution in [2.75, 3.05) is 42.2 Å². The SMILES string of the molecule is CNc1nc(NCC(C)C(C)C)nc(N2CCCC2)n1. The molecule has 112 valence electrons. The van der Waals surface area contributed by atoms with Crippen LogP contribution in [0.3, 0.4) is 0 Å². The molecule has 2 N–H and O–H groups in total. The molecule has 0 aromatic carbocycles. The van der Waals surface area contributed by atoms with E-state index in [4.69, 9.17) is 0 Å². The second-order valence-corrected chi connectivity index (χ2v) is 5.83. The van der Waals surface area contributed by atoms with E-state index in [0.29, 0.717) is 23.7 Å². The maximum absolute atomic E-state index is 4.55. The molecule has 0 radical (unpaired) electrons. The van der Waals surface area contributed by atoms with Crippen LogP contribution in [0.4, 0.5) is 17.8 Å². The van der Waals surface area contributed by atoms with Crippen molar-refractivity contribution in [1.82, 2.24) is 15.0 Å². The van der Waals surface area contributed by atoms with Crippen molar-refractivity contribution in [3.63, 3.8) is 0 Å². The molecule has 1 saturated heterocycles. The van der Waals surface area contributed by atoms with Crippen molar-refractivity contribution in [2.45, 2.75) is 33.6 Å². The van der Waals surface area contributed by atoms with E-state index in [1.165, 1.54) is 12.8 Å². The highest BCUT2D eigenvalue weighted by molar-refractivity contribution is 5.44. The average Bonchev–Trinajstić information content (AvgIpc) is 2.98. The van der Waals surface area contributed by atoms with Gasteiger partial charge in [0.2, 0.25) is 17.8 Å². The Labute approximate surface area is 121 Å². The van der Waals surface area contributed by atoms with Crippen LogP contribution in [-0.2, 0) is 0 Å². The number of nitrogens with one attached hydrogen (secondary N) is 2. The van der Waals surface area contributed by atoms with Gasteiger partial charge in [0.05, 0.1) is 0 Å². The van der Waals surface area contributed by atoms with Gasteiger partial charge in [-0.05, 0) is 24.7 Å². The van der Waals surface area contributed by atoms with E-state index >= 15 is 0 Å². The van der Waals surface area contributed by atoms with Gasteiger partial charge in [-0.2, -0.15) is 15.0 Å². The molecule has 1 aliphatic heterocycles. The molecule has 0 aliphatic carbocycles. The largest absolute Gasteiger partial charge is 0.357 e. The Morgan fingerprint density at radius 1 is 1.05 bits per heavy atom. The highest BCUT2D eigenvalue weighted by atomic mass is 15.3. The minimum absolute atomic E-state index is 0.583. The number of aromatic nitrogens is 3. The summed E-state index contributed by atoms with van der Waals surface area (Å²) in [6.45, 7) is 9.65. The fraction of sp³-hybridized carbons (Fsp3) is 0.786. The molecule has 20 heavy (non-hydrogen) atoms. The quantitative estimate of drug-likeness (QED) is 0.832. The van der Waals surface area contributed by atoms with Crippen molar-refractivity contribution in [2.24, 2.45) is 11.8 Å². The summed E-state index contributed by atoms with van der Waals surface area (Å²) in [6.07, 6.45) is 2.43. The van der Waals surface area contributed by atoms with Gasteiger partial charge in [0.1, 0.15) is 0 Å². The molecule has 1 aromatic rings. The number of anilines is 3. The Balaban J connectivity index is 2.09. The van der Waals surface area contributed by atoms with E-state index in [1.54, 1.807) is 0 Å². The Morgan fingerprint density at radius 2 is 1.70 bits per heavy atom. The van der Waals surface area contributed by atoms with Crippen LogP contribution in [0.15, 0.2) is 0 Å². The summed E-state index contributed by atoms with van der Waals surface area (Å²) in [5, 5.41) is 6.35. The molecule has 6 nitrogen and oxygen atoms in total. The van der Waals surface area contributed by atoms with E-state index in [1.807, 2.05) is 7.05 Å². The van der Waals surface area contributed by atoms with E-state index in [9.17, 15) is 0 Å². The first-order valence-electron chi connectivity index (χ1n) is 7.52. The van der Waals surface area contributed by atoms with Gasteiger partial charge in [-0.25, -0.2) is 0 Å². The molecule has 0 spiro atoms. The molecule has 1 unspecified atom stereocenters. The zero-order chi connectivity index (χ0) is 14.5. The van der Waals surface area contributed by atoms with Crippen molar-refractivity contribution < 1.29 is 0 Å². The summed E-state index contributed by atoms with van der Waals surface area (Å²) in [7, 11) is 1.84. The summed E-state index contributed by atoms with van der Waals surface area (Å²) in [6, 6.07) is 0. The van der Waals surface area contributed by atoms with Crippen LogP contribution in [0.5, 0.6) is 0 Å². The molecular weight excluding hydrogens is 252 g/mol. The zero-order valence-corrected chi connectivity index (χ0v) is 13.0. The fourth-order valence-corrected chi connectivity index (χ4v) is 2.10. The minimum Gasteiger partial charge on any atom is -0.357 e. The molecule has 1 aliphatic rings. The van der Waals surface area contributed by atoms with Gasteiger partial charge < -0.3 is 15.5 Å². The number of hydrogen-bond donors (Lipinski definition) is 2. The van der Waals surface area contributed by atoms with Gasteiger partial charge >= 0.3 is 0 Å². The monoisotopic (exact) mass is 278 g/mol. The third-order valence-electron chi connectivity index (χ3n) is 3.96. The van der Waals surface area contributed by atoms with Gasteiger partial charge in [0.25, 0.3) is 0 Å². The van der Waals surface area contributed by atoms with Crippen molar-refractivity contribution >= 4 is 17.8 Å². The van der Waals surface area contributed by atoms with E-state index in [0.717, 1.165) is 25.6 Å². The van der Waals surface area contributed by atoms with Crippen LogP contribution in [0, 0.1) is 11.8 Å². The fourth-order valence-electron chi connectivity index (χ4n) is 2.10. The summed E-state index contributed by atoms with van der Waals surface area (Å²) in [5.74, 6) is 3.30. The lowest BCUT2D eigenvalue weighted by Crippen LogP contribution is -2.23. The molecule has 0 saturated carbocycles. The topological polar surface area (TPSA) is 66.0 Å². The number of nitrogens with zero attached hydrogens (tertiary/aromatic N) is 4. The van der Waals surface area contributed by atoms with Gasteiger partial charge in [-0.15, -0.1) is 0 Å². The van der Waals surface area contributed by atoms with E-state index < -0.39 is 0 Å². The molecule has 1 atom stereocenters. The standard InChI is InChI=1S/C14H26N6/c1-10(2)11(3)9-16-13-17-12(15-4)18-14(19-13)20-7-5-6-8-20/h10-11H,5-9H2,1-4H3,(H2,15,16,17,18,19). The Bertz CT molecular complexity index is 428. The summed E-state index contributed by atoms with van der Waals surface area (Å²) in [5.41, 5.74) is 0. The molecule has 1 fully saturated rings. The lowest BCUT2D eigenvalue weighted by Gasteiger charge is -2.19. The Hall–Kier alpha value is -1.59. The third-order valence-corrected chi connectivity index (χ3v) is 3.96. The van der Waals surface area contributed by atoms with Gasteiger partial charge in [0, 0.05) is 26.7 Å². The molecule has 2 rings (SSSR count). The molecule has 1 aromatic heterocycles. The maximum atomic E-state index is 4.55. The highest BCUT2D eigenvalue weighted by Crippen LogP contribution is 2.19. The van der Waals surface area contributed by atoms with E-state index in [-0.39, 0.29) is 0 Å². The van der Waals surface area contributed by atoms with Gasteiger partial charge in [-0.1, -0.05) is 20.8 Å². The summed E-state index contributed by atoms with van der Waals surface area (Å²) < 4.78 is 0. The summed E-state index contributed by atoms with van der Waals surface area (Å²) >= 11 is 0. The van der Waals surface area contributed by atoms with Crippen LogP contribution >= 0.6 is 0 Å². The van der Waals surface area contributed by atoms with Gasteiger partial charge in [0.15, 0.2) is 0 Å².